The molecular weight excluding hydrogens is 313 g/mol. The van der Waals surface area contributed by atoms with Crippen molar-refractivity contribution in [1.82, 2.24) is 0 Å². The fraction of sp³-hybridized carbons (Fsp3) is 0.0714. The minimum Gasteiger partial charge on any atom is -0.508 e. The van der Waals surface area contributed by atoms with E-state index in [0.717, 1.165) is 6.07 Å². The molecule has 0 saturated heterocycles. The van der Waals surface area contributed by atoms with Crippen molar-refractivity contribution in [1.29, 1.82) is 0 Å². The van der Waals surface area contributed by atoms with Crippen LogP contribution in [-0.2, 0) is 0 Å². The molecule has 1 amide bonds. The van der Waals surface area contributed by atoms with Gasteiger partial charge in [-0.2, -0.15) is 0 Å². The predicted octanol–water partition coefficient (Wildman–Crippen LogP) is 3.85. The average molecular weight is 324 g/mol. The summed E-state index contributed by atoms with van der Waals surface area (Å²) in [5.41, 5.74) is 1.37. The number of nitrogens with one attached hydrogen (secondary N) is 1. The zero-order chi connectivity index (χ0) is 14.0. The van der Waals surface area contributed by atoms with Crippen LogP contribution in [0.5, 0.6) is 5.75 Å². The molecule has 0 aliphatic rings. The topological polar surface area (TPSA) is 49.3 Å². The van der Waals surface area contributed by atoms with E-state index in [-0.39, 0.29) is 11.3 Å². The molecular formula is C14H11BrFNO2. The molecule has 0 heterocycles. The number of hydrogen-bond donors (Lipinski definition) is 2. The molecule has 5 heteroatoms. The molecule has 0 saturated carbocycles. The number of halogens is 2. The van der Waals surface area contributed by atoms with Gasteiger partial charge in [0.15, 0.2) is 0 Å². The van der Waals surface area contributed by atoms with E-state index in [4.69, 9.17) is 0 Å². The van der Waals surface area contributed by atoms with Crippen LogP contribution in [0.15, 0.2) is 40.9 Å². The van der Waals surface area contributed by atoms with Crippen molar-refractivity contribution in [3.8, 4) is 5.75 Å². The van der Waals surface area contributed by atoms with E-state index in [2.05, 4.69) is 21.2 Å². The van der Waals surface area contributed by atoms with E-state index in [0.29, 0.717) is 15.7 Å². The van der Waals surface area contributed by atoms with E-state index < -0.39 is 11.7 Å². The van der Waals surface area contributed by atoms with Gasteiger partial charge in [-0.05, 0) is 36.8 Å². The quantitative estimate of drug-likeness (QED) is 0.881. The van der Waals surface area contributed by atoms with Gasteiger partial charge in [-0.1, -0.05) is 22.0 Å². The lowest BCUT2D eigenvalue weighted by molar-refractivity contribution is 0.102. The molecule has 2 rings (SSSR count). The highest BCUT2D eigenvalue weighted by Gasteiger charge is 2.09. The number of anilines is 1. The normalized spacial score (nSPS) is 10.3. The van der Waals surface area contributed by atoms with Gasteiger partial charge in [-0.15, -0.1) is 0 Å². The summed E-state index contributed by atoms with van der Waals surface area (Å²) in [4.78, 5) is 11.9. The second-order valence-corrected chi connectivity index (χ2v) is 5.03. The maximum atomic E-state index is 13.2. The van der Waals surface area contributed by atoms with Gasteiger partial charge in [-0.25, -0.2) is 4.39 Å². The van der Waals surface area contributed by atoms with Crippen LogP contribution in [0, 0.1) is 12.7 Å². The van der Waals surface area contributed by atoms with Crippen LogP contribution in [0.2, 0.25) is 0 Å². The fourth-order valence-electron chi connectivity index (χ4n) is 1.58. The number of rotatable bonds is 2. The number of carbonyl (C=O) groups is 1. The Hall–Kier alpha value is -1.88. The van der Waals surface area contributed by atoms with Crippen LogP contribution in [0.4, 0.5) is 10.1 Å². The smallest absolute Gasteiger partial charge is 0.255 e. The summed E-state index contributed by atoms with van der Waals surface area (Å²) in [6.07, 6.45) is 0. The van der Waals surface area contributed by atoms with Crippen molar-refractivity contribution >= 4 is 27.5 Å². The van der Waals surface area contributed by atoms with Crippen molar-refractivity contribution in [2.45, 2.75) is 6.92 Å². The van der Waals surface area contributed by atoms with Gasteiger partial charge >= 0.3 is 0 Å². The molecule has 3 nitrogen and oxygen atoms in total. The minimum absolute atomic E-state index is 0.0956. The second kappa shape index (κ2) is 5.40. The lowest BCUT2D eigenvalue weighted by Crippen LogP contribution is -2.12. The van der Waals surface area contributed by atoms with E-state index in [9.17, 15) is 14.3 Å². The minimum atomic E-state index is -0.494. The predicted molar refractivity (Wildman–Crippen MR) is 74.9 cm³/mol. The SMILES string of the molecule is Cc1ccc(NC(=O)c2cc(F)cc(Br)c2)cc1O. The summed E-state index contributed by atoms with van der Waals surface area (Å²) in [5.74, 6) is -0.840. The Morgan fingerprint density at radius 1 is 1.26 bits per heavy atom. The summed E-state index contributed by atoms with van der Waals surface area (Å²) in [6, 6.07) is 8.74. The maximum Gasteiger partial charge on any atom is 0.255 e. The lowest BCUT2D eigenvalue weighted by atomic mass is 10.1. The standard InChI is InChI=1S/C14H11BrFNO2/c1-8-2-3-12(7-13(8)18)17-14(19)9-4-10(15)6-11(16)5-9/h2-7,18H,1H3,(H,17,19). The Morgan fingerprint density at radius 3 is 2.63 bits per heavy atom. The van der Waals surface area contributed by atoms with Crippen LogP contribution in [-0.4, -0.2) is 11.0 Å². The van der Waals surface area contributed by atoms with Crippen LogP contribution < -0.4 is 5.32 Å². The van der Waals surface area contributed by atoms with Crippen LogP contribution >= 0.6 is 15.9 Å². The van der Waals surface area contributed by atoms with Crippen molar-refractivity contribution < 1.29 is 14.3 Å². The molecule has 0 bridgehead atoms. The molecule has 0 aromatic heterocycles. The van der Waals surface area contributed by atoms with E-state index >= 15 is 0 Å². The van der Waals surface area contributed by atoms with Gasteiger partial charge in [0.1, 0.15) is 11.6 Å². The Labute approximate surface area is 118 Å². The third-order valence-corrected chi connectivity index (χ3v) is 3.05. The van der Waals surface area contributed by atoms with Crippen LogP contribution in [0.3, 0.4) is 0 Å². The summed E-state index contributed by atoms with van der Waals surface area (Å²) < 4.78 is 13.7. The maximum absolute atomic E-state index is 13.2. The third kappa shape index (κ3) is 3.32. The van der Waals surface area contributed by atoms with Gasteiger partial charge in [0, 0.05) is 21.8 Å². The summed E-state index contributed by atoms with van der Waals surface area (Å²) in [5, 5.41) is 12.1. The van der Waals surface area contributed by atoms with Crippen LogP contribution in [0.25, 0.3) is 0 Å². The number of benzene rings is 2. The number of hydrogen-bond acceptors (Lipinski definition) is 2. The number of aromatic hydroxyl groups is 1. The summed E-state index contributed by atoms with van der Waals surface area (Å²) in [6.45, 7) is 1.75. The van der Waals surface area contributed by atoms with E-state index in [1.807, 2.05) is 0 Å². The molecule has 0 unspecified atom stereocenters. The van der Waals surface area contributed by atoms with Gasteiger partial charge in [0.05, 0.1) is 0 Å². The van der Waals surface area contributed by atoms with Crippen molar-refractivity contribution in [3.63, 3.8) is 0 Å². The molecule has 0 spiro atoms. The van der Waals surface area contributed by atoms with Gasteiger partial charge < -0.3 is 10.4 Å². The highest BCUT2D eigenvalue weighted by atomic mass is 79.9. The molecule has 2 N–H and O–H groups in total. The first-order valence-electron chi connectivity index (χ1n) is 5.53. The highest BCUT2D eigenvalue weighted by molar-refractivity contribution is 9.10. The Kier molecular flexibility index (Phi) is 3.85. The molecule has 0 aliphatic heterocycles. The van der Waals surface area contributed by atoms with E-state index in [1.165, 1.54) is 18.2 Å². The van der Waals surface area contributed by atoms with Crippen LogP contribution in [0.1, 0.15) is 15.9 Å². The van der Waals surface area contributed by atoms with Crippen molar-refractivity contribution in [2.75, 3.05) is 5.32 Å². The average Bonchev–Trinajstić information content (AvgIpc) is 2.32. The highest BCUT2D eigenvalue weighted by Crippen LogP contribution is 2.22. The fourth-order valence-corrected chi connectivity index (χ4v) is 2.04. The van der Waals surface area contributed by atoms with Crippen molar-refractivity contribution in [2.24, 2.45) is 0 Å². The number of carbonyl (C=O) groups excluding carboxylic acids is 1. The van der Waals surface area contributed by atoms with Gasteiger partial charge in [0.2, 0.25) is 0 Å². The molecule has 2 aromatic rings. The molecule has 0 aliphatic carbocycles. The van der Waals surface area contributed by atoms with E-state index in [1.54, 1.807) is 19.1 Å². The van der Waals surface area contributed by atoms with Gasteiger partial charge in [-0.3, -0.25) is 4.79 Å². The number of phenolic OH excluding ortho intramolecular Hbond substituents is 1. The number of amides is 1. The molecule has 0 atom stereocenters. The Morgan fingerprint density at radius 2 is 2.00 bits per heavy atom. The first kappa shape index (κ1) is 13.5. The lowest BCUT2D eigenvalue weighted by Gasteiger charge is -2.07. The molecule has 98 valence electrons. The monoisotopic (exact) mass is 323 g/mol. The first-order valence-corrected chi connectivity index (χ1v) is 6.32. The number of phenols is 1. The molecule has 19 heavy (non-hydrogen) atoms. The third-order valence-electron chi connectivity index (χ3n) is 2.59. The zero-order valence-corrected chi connectivity index (χ0v) is 11.7. The zero-order valence-electron chi connectivity index (χ0n) is 10.1. The van der Waals surface area contributed by atoms with Crippen molar-refractivity contribution in [3.05, 3.63) is 57.8 Å². The summed E-state index contributed by atoms with van der Waals surface area (Å²) in [7, 11) is 0. The molecule has 2 aromatic carbocycles. The largest absolute Gasteiger partial charge is 0.508 e. The molecule has 0 fully saturated rings. The first-order chi connectivity index (χ1) is 8.95. The summed E-state index contributed by atoms with van der Waals surface area (Å²) >= 11 is 3.13. The molecule has 0 radical (unpaired) electrons. The Balaban J connectivity index is 2.22. The number of aryl methyl sites for hydroxylation is 1. The van der Waals surface area contributed by atoms with Gasteiger partial charge in [0.25, 0.3) is 5.91 Å². The Bertz CT molecular complexity index is 623. The second-order valence-electron chi connectivity index (χ2n) is 4.11.